The Kier molecular flexibility index (Phi) is 5.36. The van der Waals surface area contributed by atoms with Crippen LogP contribution in [0.15, 0.2) is 35.4 Å². The molecular formula is C15H15ClN2O2S. The first-order chi connectivity index (χ1) is 10.0. The molecule has 1 aromatic heterocycles. The number of aryl methyl sites for hydroxylation is 2. The van der Waals surface area contributed by atoms with Gasteiger partial charge in [0.05, 0.1) is 6.21 Å². The van der Waals surface area contributed by atoms with Gasteiger partial charge in [-0.25, -0.2) is 5.43 Å². The van der Waals surface area contributed by atoms with Crippen molar-refractivity contribution in [2.75, 3.05) is 6.61 Å². The lowest BCUT2D eigenvalue weighted by atomic mass is 10.2. The zero-order valence-corrected chi connectivity index (χ0v) is 13.3. The molecule has 0 atom stereocenters. The van der Waals surface area contributed by atoms with Crippen molar-refractivity contribution in [3.8, 4) is 5.75 Å². The number of hydrogen-bond donors (Lipinski definition) is 1. The summed E-state index contributed by atoms with van der Waals surface area (Å²) in [5, 5.41) is 4.55. The number of hydrazone groups is 1. The summed E-state index contributed by atoms with van der Waals surface area (Å²) in [4.78, 5) is 13.8. The Morgan fingerprint density at radius 2 is 2.19 bits per heavy atom. The van der Waals surface area contributed by atoms with Crippen LogP contribution >= 0.6 is 22.9 Å². The molecule has 0 saturated heterocycles. The molecule has 1 aromatic carbocycles. The van der Waals surface area contributed by atoms with Crippen LogP contribution in [0.25, 0.3) is 0 Å². The summed E-state index contributed by atoms with van der Waals surface area (Å²) in [6, 6.07) is 9.19. The summed E-state index contributed by atoms with van der Waals surface area (Å²) in [6.45, 7) is 3.80. The molecule has 110 valence electrons. The topological polar surface area (TPSA) is 50.7 Å². The van der Waals surface area contributed by atoms with Crippen LogP contribution in [0.4, 0.5) is 0 Å². The van der Waals surface area contributed by atoms with Crippen LogP contribution in [0, 0.1) is 13.8 Å². The molecule has 21 heavy (non-hydrogen) atoms. The minimum Gasteiger partial charge on any atom is -0.484 e. The molecule has 0 spiro atoms. The van der Waals surface area contributed by atoms with Crippen LogP contribution in [0.1, 0.15) is 15.3 Å². The lowest BCUT2D eigenvalue weighted by Crippen LogP contribution is -2.24. The molecule has 2 aromatic rings. The van der Waals surface area contributed by atoms with Gasteiger partial charge in [-0.1, -0.05) is 11.6 Å². The van der Waals surface area contributed by atoms with Crippen molar-refractivity contribution in [3.63, 3.8) is 0 Å². The molecule has 0 bridgehead atoms. The van der Waals surface area contributed by atoms with Gasteiger partial charge in [0.2, 0.25) is 0 Å². The van der Waals surface area contributed by atoms with Crippen LogP contribution in [0.3, 0.4) is 0 Å². The van der Waals surface area contributed by atoms with Crippen LogP contribution < -0.4 is 10.2 Å². The monoisotopic (exact) mass is 322 g/mol. The summed E-state index contributed by atoms with van der Waals surface area (Å²) in [6.07, 6.45) is 1.61. The number of benzene rings is 1. The highest BCUT2D eigenvalue weighted by molar-refractivity contribution is 7.13. The Morgan fingerprint density at radius 1 is 1.38 bits per heavy atom. The largest absolute Gasteiger partial charge is 0.484 e. The fourth-order valence-electron chi connectivity index (χ4n) is 1.58. The van der Waals surface area contributed by atoms with E-state index in [4.69, 9.17) is 16.3 Å². The fourth-order valence-corrected chi connectivity index (χ4v) is 2.45. The highest BCUT2D eigenvalue weighted by Gasteiger charge is 2.03. The van der Waals surface area contributed by atoms with Crippen molar-refractivity contribution >= 4 is 35.1 Å². The lowest BCUT2D eigenvalue weighted by molar-refractivity contribution is -0.123. The molecule has 6 heteroatoms. The van der Waals surface area contributed by atoms with Crippen LogP contribution in [0.2, 0.25) is 5.02 Å². The lowest BCUT2D eigenvalue weighted by Gasteiger charge is -2.06. The molecule has 0 aliphatic carbocycles. The average molecular weight is 323 g/mol. The summed E-state index contributed by atoms with van der Waals surface area (Å²) < 4.78 is 5.37. The molecule has 1 heterocycles. The molecule has 0 saturated carbocycles. The van der Waals surface area contributed by atoms with E-state index < -0.39 is 0 Å². The molecule has 4 nitrogen and oxygen atoms in total. The molecule has 0 aliphatic heterocycles. The summed E-state index contributed by atoms with van der Waals surface area (Å²) in [5.41, 5.74) is 3.33. The van der Waals surface area contributed by atoms with Gasteiger partial charge in [-0.15, -0.1) is 11.3 Å². The highest BCUT2D eigenvalue weighted by Crippen LogP contribution is 2.20. The Balaban J connectivity index is 1.79. The van der Waals surface area contributed by atoms with E-state index in [1.807, 2.05) is 26.0 Å². The summed E-state index contributed by atoms with van der Waals surface area (Å²) >= 11 is 7.53. The molecule has 0 radical (unpaired) electrons. The molecule has 1 amide bonds. The van der Waals surface area contributed by atoms with Gasteiger partial charge in [0.1, 0.15) is 5.75 Å². The second kappa shape index (κ2) is 7.24. The van der Waals surface area contributed by atoms with Gasteiger partial charge >= 0.3 is 0 Å². The van der Waals surface area contributed by atoms with Crippen LogP contribution in [-0.2, 0) is 4.79 Å². The van der Waals surface area contributed by atoms with Crippen molar-refractivity contribution in [3.05, 3.63) is 50.7 Å². The Labute approximate surface area is 132 Å². The normalized spacial score (nSPS) is 10.8. The Bertz CT molecular complexity index is 667. The van der Waals surface area contributed by atoms with E-state index in [9.17, 15) is 4.79 Å². The van der Waals surface area contributed by atoms with E-state index in [1.54, 1.807) is 35.8 Å². The van der Waals surface area contributed by atoms with E-state index in [1.165, 1.54) is 4.88 Å². The van der Waals surface area contributed by atoms with Crippen LogP contribution in [0.5, 0.6) is 5.75 Å². The van der Waals surface area contributed by atoms with Gasteiger partial charge in [-0.2, -0.15) is 5.10 Å². The minimum absolute atomic E-state index is 0.0954. The third-order valence-electron chi connectivity index (χ3n) is 2.64. The molecule has 0 unspecified atom stereocenters. The first-order valence-electron chi connectivity index (χ1n) is 6.32. The summed E-state index contributed by atoms with van der Waals surface area (Å²) in [5.74, 6) is 0.289. The van der Waals surface area contributed by atoms with Gasteiger partial charge in [-0.3, -0.25) is 4.79 Å². The first-order valence-corrected chi connectivity index (χ1v) is 7.51. The van der Waals surface area contributed by atoms with Gasteiger partial charge < -0.3 is 4.74 Å². The number of carbonyl (C=O) groups is 1. The standard InChI is InChI=1S/C15H15ClN2O2S/c1-10-7-12(4-6-14(10)16)20-9-15(19)18-17-8-13-5-3-11(2)21-13/h3-8H,9H2,1-2H3,(H,18,19)/b17-8-. The number of nitrogens with zero attached hydrogens (tertiary/aromatic N) is 1. The second-order valence-corrected chi connectivity index (χ2v) is 6.17. The Hall–Kier alpha value is -1.85. The number of hydrogen-bond acceptors (Lipinski definition) is 4. The molecular weight excluding hydrogens is 308 g/mol. The number of rotatable bonds is 5. The zero-order valence-electron chi connectivity index (χ0n) is 11.7. The van der Waals surface area contributed by atoms with E-state index in [-0.39, 0.29) is 12.5 Å². The summed E-state index contributed by atoms with van der Waals surface area (Å²) in [7, 11) is 0. The highest BCUT2D eigenvalue weighted by atomic mass is 35.5. The molecule has 0 fully saturated rings. The van der Waals surface area contributed by atoms with E-state index >= 15 is 0 Å². The van der Waals surface area contributed by atoms with E-state index in [0.717, 1.165) is 10.4 Å². The number of carbonyl (C=O) groups excluding carboxylic acids is 1. The van der Waals surface area contributed by atoms with Crippen molar-refractivity contribution in [1.29, 1.82) is 0 Å². The number of halogens is 1. The van der Waals surface area contributed by atoms with Gasteiger partial charge in [0, 0.05) is 14.8 Å². The molecule has 1 N–H and O–H groups in total. The molecule has 2 rings (SSSR count). The predicted octanol–water partition coefficient (Wildman–Crippen LogP) is 3.55. The number of nitrogens with one attached hydrogen (secondary N) is 1. The van der Waals surface area contributed by atoms with Crippen molar-refractivity contribution in [2.45, 2.75) is 13.8 Å². The van der Waals surface area contributed by atoms with E-state index in [0.29, 0.717) is 10.8 Å². The number of amides is 1. The number of thiophene rings is 1. The predicted molar refractivity (Wildman–Crippen MR) is 86.5 cm³/mol. The average Bonchev–Trinajstić information content (AvgIpc) is 2.86. The van der Waals surface area contributed by atoms with Gasteiger partial charge in [0.25, 0.3) is 5.91 Å². The quantitative estimate of drug-likeness (QED) is 0.676. The fraction of sp³-hybridized carbons (Fsp3) is 0.200. The third kappa shape index (κ3) is 4.88. The van der Waals surface area contributed by atoms with Gasteiger partial charge in [0.15, 0.2) is 6.61 Å². The number of ether oxygens (including phenoxy) is 1. The van der Waals surface area contributed by atoms with Crippen molar-refractivity contribution < 1.29 is 9.53 Å². The second-order valence-electron chi connectivity index (χ2n) is 4.44. The smallest absolute Gasteiger partial charge is 0.277 e. The minimum atomic E-state index is -0.313. The van der Waals surface area contributed by atoms with Gasteiger partial charge in [-0.05, 0) is 49.7 Å². The first kappa shape index (κ1) is 15.5. The molecule has 0 aliphatic rings. The Morgan fingerprint density at radius 3 is 2.86 bits per heavy atom. The maximum absolute atomic E-state index is 11.6. The zero-order chi connectivity index (χ0) is 15.2. The maximum Gasteiger partial charge on any atom is 0.277 e. The van der Waals surface area contributed by atoms with Crippen molar-refractivity contribution in [2.24, 2.45) is 5.10 Å². The third-order valence-corrected chi connectivity index (χ3v) is 4.00. The maximum atomic E-state index is 11.6. The van der Waals surface area contributed by atoms with Crippen molar-refractivity contribution in [1.82, 2.24) is 5.43 Å². The van der Waals surface area contributed by atoms with E-state index in [2.05, 4.69) is 10.5 Å². The SMILES string of the molecule is Cc1ccc(/C=N\NC(=O)COc2ccc(Cl)c(C)c2)s1. The van der Waals surface area contributed by atoms with Crippen LogP contribution in [-0.4, -0.2) is 18.7 Å².